The molecule has 2 aromatic rings. The molecule has 0 amide bonds. The van der Waals surface area contributed by atoms with Crippen molar-refractivity contribution in [3.63, 3.8) is 0 Å². The summed E-state index contributed by atoms with van der Waals surface area (Å²) in [5, 5.41) is 26.5. The van der Waals surface area contributed by atoms with Crippen molar-refractivity contribution in [2.24, 2.45) is 4.99 Å². The van der Waals surface area contributed by atoms with Gasteiger partial charge < -0.3 is 20.8 Å². The minimum Gasteiger partial charge on any atom is -0.478 e. The fourth-order valence-electron chi connectivity index (χ4n) is 2.42. The van der Waals surface area contributed by atoms with Crippen LogP contribution in [-0.4, -0.2) is 62.4 Å². The average Bonchev–Trinajstić information content (AvgIpc) is 3.37. The first-order chi connectivity index (χ1) is 13.5. The highest BCUT2D eigenvalue weighted by atomic mass is 16.4. The molecule has 0 radical (unpaired) electrons. The van der Waals surface area contributed by atoms with Crippen LogP contribution < -0.4 is 10.6 Å². The molecule has 0 atom stereocenters. The number of amidine groups is 1. The first kappa shape index (κ1) is 20.6. The van der Waals surface area contributed by atoms with E-state index in [1.807, 2.05) is 16.8 Å². The Hall–Kier alpha value is -3.69. The van der Waals surface area contributed by atoms with E-state index in [0.29, 0.717) is 18.7 Å². The predicted molar refractivity (Wildman–Crippen MR) is 104 cm³/mol. The summed E-state index contributed by atoms with van der Waals surface area (Å²) >= 11 is 0. The summed E-state index contributed by atoms with van der Waals surface area (Å²) in [4.78, 5) is 27.9. The molecule has 4 N–H and O–H groups in total. The van der Waals surface area contributed by atoms with Gasteiger partial charge in [0.1, 0.15) is 12.2 Å². The summed E-state index contributed by atoms with van der Waals surface area (Å²) in [6.07, 6.45) is 2.71. The molecule has 0 saturated carbocycles. The van der Waals surface area contributed by atoms with Crippen molar-refractivity contribution in [1.29, 1.82) is 0 Å². The number of carboxylic acid groups (broad SMARTS) is 2. The highest BCUT2D eigenvalue weighted by Gasteiger charge is 2.11. The molecule has 148 valence electrons. The Kier molecular flexibility index (Phi) is 7.70. The van der Waals surface area contributed by atoms with Crippen molar-refractivity contribution < 1.29 is 19.8 Å². The zero-order valence-corrected chi connectivity index (χ0v) is 15.4. The van der Waals surface area contributed by atoms with Gasteiger partial charge in [0.25, 0.3) is 0 Å². The van der Waals surface area contributed by atoms with Crippen LogP contribution in [-0.2, 0) is 16.1 Å². The van der Waals surface area contributed by atoms with Crippen molar-refractivity contribution in [2.45, 2.75) is 13.5 Å². The molecule has 10 nitrogen and oxygen atoms in total. The number of hydrogen-bond donors (Lipinski definition) is 4. The van der Waals surface area contributed by atoms with Crippen molar-refractivity contribution in [2.75, 3.05) is 25.0 Å². The summed E-state index contributed by atoms with van der Waals surface area (Å²) in [5.41, 5.74) is 2.11. The summed E-state index contributed by atoms with van der Waals surface area (Å²) in [7, 11) is 0. The van der Waals surface area contributed by atoms with Crippen LogP contribution in [0.3, 0.4) is 0 Å². The maximum Gasteiger partial charge on any atom is 0.328 e. The first-order valence-electron chi connectivity index (χ1n) is 8.63. The highest BCUT2D eigenvalue weighted by molar-refractivity contribution is 5.89. The monoisotopic (exact) mass is 386 g/mol. The molecule has 1 aliphatic rings. The third kappa shape index (κ3) is 6.24. The van der Waals surface area contributed by atoms with E-state index in [2.05, 4.69) is 44.8 Å². The summed E-state index contributed by atoms with van der Waals surface area (Å²) in [6.45, 7) is 5.37. The number of anilines is 1. The van der Waals surface area contributed by atoms with E-state index in [1.165, 1.54) is 0 Å². The second kappa shape index (κ2) is 10.5. The van der Waals surface area contributed by atoms with Gasteiger partial charge in [0.15, 0.2) is 5.82 Å². The van der Waals surface area contributed by atoms with Gasteiger partial charge >= 0.3 is 11.9 Å². The van der Waals surface area contributed by atoms with Crippen molar-refractivity contribution in [3.05, 3.63) is 42.7 Å². The average molecular weight is 386 g/mol. The van der Waals surface area contributed by atoms with Crippen LogP contribution in [0.2, 0.25) is 0 Å². The standard InChI is InChI=1S/C14H18N6.C4H4O4/c1-2-20-14(18-10-19-20)11-5-3-4-6-12(11)17-9-13-15-7-8-16-13;5-3(6)1-2-4(7)8/h3-6,10,17H,2,7-9H2,1H3,(H,15,16);1-2H,(H,5,6)(H,7,8)/b;2-1+. The topological polar surface area (TPSA) is 142 Å². The molecule has 1 aromatic heterocycles. The number of nitrogens with zero attached hydrogens (tertiary/aromatic N) is 4. The molecule has 1 aromatic carbocycles. The van der Waals surface area contributed by atoms with Gasteiger partial charge in [-0.05, 0) is 19.1 Å². The predicted octanol–water partition coefficient (Wildman–Crippen LogP) is 1.09. The van der Waals surface area contributed by atoms with Gasteiger partial charge in [-0.1, -0.05) is 12.1 Å². The van der Waals surface area contributed by atoms with E-state index in [4.69, 9.17) is 10.2 Å². The van der Waals surface area contributed by atoms with Crippen molar-refractivity contribution in [3.8, 4) is 11.4 Å². The molecule has 0 aliphatic carbocycles. The second-order valence-corrected chi connectivity index (χ2v) is 5.56. The Morgan fingerprint density at radius 1 is 1.25 bits per heavy atom. The number of para-hydroxylation sites is 1. The number of carboxylic acids is 2. The smallest absolute Gasteiger partial charge is 0.328 e. The SMILES string of the molecule is CCn1ncnc1-c1ccccc1NCC1=NCCN1.O=C(O)/C=C/C(=O)O. The quantitative estimate of drug-likeness (QED) is 0.518. The summed E-state index contributed by atoms with van der Waals surface area (Å²) < 4.78 is 1.89. The fourth-order valence-corrected chi connectivity index (χ4v) is 2.42. The molecule has 3 rings (SSSR count). The molecule has 0 spiro atoms. The van der Waals surface area contributed by atoms with Crippen LogP contribution in [0.15, 0.2) is 47.7 Å². The molecule has 28 heavy (non-hydrogen) atoms. The van der Waals surface area contributed by atoms with Gasteiger partial charge in [-0.2, -0.15) is 5.10 Å². The molecule has 0 bridgehead atoms. The van der Waals surface area contributed by atoms with Crippen LogP contribution in [0.1, 0.15) is 6.92 Å². The molecule has 2 heterocycles. The Balaban J connectivity index is 0.000000300. The molecule has 0 saturated heterocycles. The molecular weight excluding hydrogens is 364 g/mol. The van der Waals surface area contributed by atoms with Gasteiger partial charge in [-0.15, -0.1) is 0 Å². The number of hydrogen-bond acceptors (Lipinski definition) is 7. The number of benzene rings is 1. The third-order valence-corrected chi connectivity index (χ3v) is 3.64. The number of aliphatic imine (C=N–C) groups is 1. The van der Waals surface area contributed by atoms with Crippen molar-refractivity contribution in [1.82, 2.24) is 20.1 Å². The number of nitrogens with one attached hydrogen (secondary N) is 2. The Bertz CT molecular complexity index is 858. The van der Waals surface area contributed by atoms with E-state index in [9.17, 15) is 9.59 Å². The Morgan fingerprint density at radius 2 is 1.96 bits per heavy atom. The summed E-state index contributed by atoms with van der Waals surface area (Å²) in [5.74, 6) is -0.617. The number of aromatic nitrogens is 3. The normalized spacial score (nSPS) is 12.7. The lowest BCUT2D eigenvalue weighted by molar-refractivity contribution is -0.134. The lowest BCUT2D eigenvalue weighted by Crippen LogP contribution is -2.26. The van der Waals surface area contributed by atoms with E-state index >= 15 is 0 Å². The van der Waals surface area contributed by atoms with E-state index in [0.717, 1.165) is 42.5 Å². The van der Waals surface area contributed by atoms with Gasteiger partial charge in [0, 0.05) is 36.5 Å². The molecular formula is C18H22N6O4. The van der Waals surface area contributed by atoms with Gasteiger partial charge in [-0.3, -0.25) is 4.99 Å². The first-order valence-corrected chi connectivity index (χ1v) is 8.63. The van der Waals surface area contributed by atoms with Crippen LogP contribution in [0.4, 0.5) is 5.69 Å². The minimum atomic E-state index is -1.26. The molecule has 0 fully saturated rings. The van der Waals surface area contributed by atoms with Crippen LogP contribution >= 0.6 is 0 Å². The Labute approximate surface area is 161 Å². The molecule has 0 unspecified atom stereocenters. The van der Waals surface area contributed by atoms with Crippen LogP contribution in [0.25, 0.3) is 11.4 Å². The Morgan fingerprint density at radius 3 is 2.57 bits per heavy atom. The zero-order valence-electron chi connectivity index (χ0n) is 15.4. The van der Waals surface area contributed by atoms with Crippen LogP contribution in [0.5, 0.6) is 0 Å². The molecule has 10 heteroatoms. The largest absolute Gasteiger partial charge is 0.478 e. The highest BCUT2D eigenvalue weighted by Crippen LogP contribution is 2.25. The number of aliphatic carboxylic acids is 2. The van der Waals surface area contributed by atoms with Gasteiger partial charge in [-0.25, -0.2) is 19.3 Å². The summed E-state index contributed by atoms with van der Waals surface area (Å²) in [6, 6.07) is 8.14. The third-order valence-electron chi connectivity index (χ3n) is 3.64. The molecule has 1 aliphatic heterocycles. The number of carbonyl (C=O) groups is 2. The number of aryl methyl sites for hydroxylation is 1. The fraction of sp³-hybridized carbons (Fsp3) is 0.278. The van der Waals surface area contributed by atoms with Gasteiger partial charge in [0.05, 0.1) is 13.1 Å². The maximum atomic E-state index is 9.55. The van der Waals surface area contributed by atoms with E-state index < -0.39 is 11.9 Å². The lowest BCUT2D eigenvalue weighted by atomic mass is 10.1. The van der Waals surface area contributed by atoms with Crippen molar-refractivity contribution >= 4 is 23.5 Å². The van der Waals surface area contributed by atoms with Gasteiger partial charge in [0.2, 0.25) is 0 Å². The van der Waals surface area contributed by atoms with E-state index in [-0.39, 0.29) is 0 Å². The maximum absolute atomic E-state index is 9.55. The number of rotatable bonds is 7. The minimum absolute atomic E-state index is 0.558. The van der Waals surface area contributed by atoms with Crippen LogP contribution in [0, 0.1) is 0 Å². The lowest BCUT2D eigenvalue weighted by Gasteiger charge is -2.12. The van der Waals surface area contributed by atoms with E-state index in [1.54, 1.807) is 6.33 Å². The second-order valence-electron chi connectivity index (χ2n) is 5.56. The zero-order chi connectivity index (χ0) is 20.4.